The summed E-state index contributed by atoms with van der Waals surface area (Å²) >= 11 is 0. The Morgan fingerprint density at radius 1 is 1.03 bits per heavy atom. The molecule has 1 aromatic heterocycles. The number of methoxy groups -OCH3 is 2. The van der Waals surface area contributed by atoms with Crippen molar-refractivity contribution in [1.29, 1.82) is 0 Å². The number of amides is 2. The highest BCUT2D eigenvalue weighted by molar-refractivity contribution is 6.10. The van der Waals surface area contributed by atoms with Crippen LogP contribution in [0.2, 0.25) is 0 Å². The van der Waals surface area contributed by atoms with Gasteiger partial charge in [0.15, 0.2) is 0 Å². The predicted octanol–water partition coefficient (Wildman–Crippen LogP) is 2.99. The van der Waals surface area contributed by atoms with Crippen LogP contribution in [0.25, 0.3) is 0 Å². The monoisotopic (exact) mass is 465 g/mol. The molecule has 0 aliphatic carbocycles. The number of hydrogen-bond donors (Lipinski definition) is 3. The van der Waals surface area contributed by atoms with Gasteiger partial charge in [-0.15, -0.1) is 0 Å². The fourth-order valence-corrected chi connectivity index (χ4v) is 3.04. The summed E-state index contributed by atoms with van der Waals surface area (Å²) in [5, 5.41) is 19.5. The zero-order chi connectivity index (χ0) is 24.5. The molecule has 3 rings (SSSR count). The number of nitro groups is 1. The molecule has 0 aliphatic heterocycles. The van der Waals surface area contributed by atoms with Crippen molar-refractivity contribution in [2.75, 3.05) is 31.4 Å². The molecule has 0 spiro atoms. The number of non-ortho nitro benzene ring substituents is 1. The van der Waals surface area contributed by atoms with Gasteiger partial charge in [0.05, 0.1) is 36.9 Å². The number of rotatable bonds is 10. The fourth-order valence-electron chi connectivity index (χ4n) is 3.04. The van der Waals surface area contributed by atoms with E-state index in [1.54, 1.807) is 36.7 Å². The number of aromatic nitrogens is 1. The summed E-state index contributed by atoms with van der Waals surface area (Å²) in [7, 11) is 2.94. The molecule has 0 unspecified atom stereocenters. The summed E-state index contributed by atoms with van der Waals surface area (Å²) in [5.74, 6) is -0.184. The van der Waals surface area contributed by atoms with Crippen LogP contribution < -0.4 is 25.4 Å². The number of ether oxygens (including phenoxy) is 2. The molecule has 0 fully saturated rings. The van der Waals surface area contributed by atoms with E-state index < -0.39 is 16.7 Å². The first kappa shape index (κ1) is 24.1. The molecule has 11 heteroatoms. The summed E-state index contributed by atoms with van der Waals surface area (Å²) in [6.07, 6.45) is 3.33. The Kier molecular flexibility index (Phi) is 8.08. The Morgan fingerprint density at radius 3 is 2.38 bits per heavy atom. The second-order valence-electron chi connectivity index (χ2n) is 7.06. The first-order valence-electron chi connectivity index (χ1n) is 10.1. The molecule has 3 aromatic rings. The molecular formula is C23H23N5O6. The normalized spacial score (nSPS) is 10.3. The quantitative estimate of drug-likeness (QED) is 0.306. The Balaban J connectivity index is 1.76. The Bertz CT molecular complexity index is 1160. The van der Waals surface area contributed by atoms with Crippen LogP contribution in [0.1, 0.15) is 15.9 Å². The molecule has 3 N–H and O–H groups in total. The van der Waals surface area contributed by atoms with Crippen LogP contribution in [0.3, 0.4) is 0 Å². The van der Waals surface area contributed by atoms with E-state index in [4.69, 9.17) is 9.47 Å². The summed E-state index contributed by atoms with van der Waals surface area (Å²) < 4.78 is 10.4. The molecule has 34 heavy (non-hydrogen) atoms. The number of nitrogens with zero attached hydrogens (tertiary/aromatic N) is 2. The lowest BCUT2D eigenvalue weighted by molar-refractivity contribution is -0.384. The van der Waals surface area contributed by atoms with Gasteiger partial charge in [-0.1, -0.05) is 6.07 Å². The molecule has 0 aliphatic rings. The highest BCUT2D eigenvalue weighted by atomic mass is 16.6. The van der Waals surface area contributed by atoms with E-state index in [0.717, 1.165) is 11.6 Å². The van der Waals surface area contributed by atoms with E-state index in [1.165, 1.54) is 26.4 Å². The smallest absolute Gasteiger partial charge is 0.270 e. The summed E-state index contributed by atoms with van der Waals surface area (Å²) in [5.41, 5.74) is 1.02. The van der Waals surface area contributed by atoms with E-state index in [-0.39, 0.29) is 23.5 Å². The molecule has 2 amide bonds. The highest BCUT2D eigenvalue weighted by Crippen LogP contribution is 2.28. The van der Waals surface area contributed by atoms with Gasteiger partial charge in [-0.3, -0.25) is 24.7 Å². The van der Waals surface area contributed by atoms with Gasteiger partial charge in [0.2, 0.25) is 5.91 Å². The van der Waals surface area contributed by atoms with Gasteiger partial charge in [-0.25, -0.2) is 0 Å². The van der Waals surface area contributed by atoms with Crippen LogP contribution >= 0.6 is 0 Å². The molecule has 0 atom stereocenters. The first-order chi connectivity index (χ1) is 16.4. The van der Waals surface area contributed by atoms with Crippen molar-refractivity contribution in [2.24, 2.45) is 0 Å². The van der Waals surface area contributed by atoms with Crippen molar-refractivity contribution in [2.45, 2.75) is 6.54 Å². The van der Waals surface area contributed by atoms with E-state index in [1.807, 2.05) is 6.07 Å². The van der Waals surface area contributed by atoms with Gasteiger partial charge in [0.25, 0.3) is 11.6 Å². The predicted molar refractivity (Wildman–Crippen MR) is 125 cm³/mol. The molecule has 0 radical (unpaired) electrons. The van der Waals surface area contributed by atoms with E-state index in [2.05, 4.69) is 20.9 Å². The van der Waals surface area contributed by atoms with Crippen molar-refractivity contribution in [3.8, 4) is 11.5 Å². The maximum atomic E-state index is 13.0. The first-order valence-corrected chi connectivity index (χ1v) is 10.1. The minimum absolute atomic E-state index is 0.0416. The molecule has 176 valence electrons. The maximum Gasteiger partial charge on any atom is 0.270 e. The van der Waals surface area contributed by atoms with Crippen molar-refractivity contribution in [3.05, 3.63) is 82.2 Å². The lowest BCUT2D eigenvalue weighted by Gasteiger charge is -2.13. The number of benzene rings is 2. The Labute approximate surface area is 195 Å². The van der Waals surface area contributed by atoms with Gasteiger partial charge >= 0.3 is 0 Å². The zero-order valence-corrected chi connectivity index (χ0v) is 18.5. The van der Waals surface area contributed by atoms with Crippen LogP contribution in [0.5, 0.6) is 11.5 Å². The number of nitrogens with one attached hydrogen (secondary N) is 3. The minimum atomic E-state index is -0.655. The van der Waals surface area contributed by atoms with Crippen molar-refractivity contribution in [1.82, 2.24) is 10.3 Å². The minimum Gasteiger partial charge on any atom is -0.497 e. The molecule has 1 heterocycles. The average Bonchev–Trinajstić information content (AvgIpc) is 2.84. The zero-order valence-electron chi connectivity index (χ0n) is 18.5. The molecule has 0 saturated heterocycles. The number of hydrogen-bond acceptors (Lipinski definition) is 8. The standard InChI is InChI=1S/C23H23N5O6/c1-33-18-8-16(9-19(11-18)34-2)26-23(30)20-10-17(28(31)32)5-6-21(20)27-22(29)14-25-13-15-4-3-7-24-12-15/h3-12,25H,13-14H2,1-2H3,(H,26,30)(H,27,29). The topological polar surface area (TPSA) is 145 Å². The summed E-state index contributed by atoms with van der Waals surface area (Å²) in [6.45, 7) is 0.382. The van der Waals surface area contributed by atoms with Gasteiger partial charge < -0.3 is 25.4 Å². The third-order valence-electron chi connectivity index (χ3n) is 4.68. The van der Waals surface area contributed by atoms with E-state index in [0.29, 0.717) is 23.7 Å². The van der Waals surface area contributed by atoms with E-state index >= 15 is 0 Å². The lowest BCUT2D eigenvalue weighted by atomic mass is 10.1. The van der Waals surface area contributed by atoms with Gasteiger partial charge in [0, 0.05) is 55.0 Å². The third-order valence-corrected chi connectivity index (χ3v) is 4.68. The van der Waals surface area contributed by atoms with Crippen molar-refractivity contribution in [3.63, 3.8) is 0 Å². The largest absolute Gasteiger partial charge is 0.497 e. The lowest BCUT2D eigenvalue weighted by Crippen LogP contribution is -2.28. The number of carbonyl (C=O) groups is 2. The Morgan fingerprint density at radius 2 is 1.76 bits per heavy atom. The van der Waals surface area contributed by atoms with Gasteiger partial charge in [-0.2, -0.15) is 0 Å². The summed E-state index contributed by atoms with van der Waals surface area (Å²) in [6, 6.07) is 12.1. The van der Waals surface area contributed by atoms with Gasteiger partial charge in [0.1, 0.15) is 11.5 Å². The van der Waals surface area contributed by atoms with Crippen LogP contribution in [0, 0.1) is 10.1 Å². The maximum absolute atomic E-state index is 13.0. The van der Waals surface area contributed by atoms with Gasteiger partial charge in [-0.05, 0) is 17.7 Å². The fraction of sp³-hybridized carbons (Fsp3) is 0.174. The average molecular weight is 465 g/mol. The van der Waals surface area contributed by atoms with Crippen molar-refractivity contribution >= 4 is 28.9 Å². The third kappa shape index (κ3) is 6.50. The number of nitro benzene ring substituents is 1. The van der Waals surface area contributed by atoms with Crippen LogP contribution in [-0.4, -0.2) is 42.5 Å². The van der Waals surface area contributed by atoms with Crippen LogP contribution in [-0.2, 0) is 11.3 Å². The Hall–Kier alpha value is -4.51. The molecule has 0 saturated carbocycles. The van der Waals surface area contributed by atoms with Crippen LogP contribution in [0.15, 0.2) is 60.9 Å². The highest BCUT2D eigenvalue weighted by Gasteiger charge is 2.19. The van der Waals surface area contributed by atoms with Crippen molar-refractivity contribution < 1.29 is 24.0 Å². The molecule has 11 nitrogen and oxygen atoms in total. The number of pyridine rings is 1. The second kappa shape index (κ2) is 11.4. The number of carbonyl (C=O) groups excluding carboxylic acids is 2. The summed E-state index contributed by atoms with van der Waals surface area (Å²) in [4.78, 5) is 40.1. The second-order valence-corrected chi connectivity index (χ2v) is 7.06. The molecule has 2 aromatic carbocycles. The molecular weight excluding hydrogens is 442 g/mol. The molecule has 0 bridgehead atoms. The number of anilines is 2. The van der Waals surface area contributed by atoms with E-state index in [9.17, 15) is 19.7 Å². The SMILES string of the molecule is COc1cc(NC(=O)c2cc([N+](=O)[O-])ccc2NC(=O)CNCc2cccnc2)cc(OC)c1. The van der Waals surface area contributed by atoms with Crippen LogP contribution in [0.4, 0.5) is 17.1 Å².